The molecule has 0 aliphatic carbocycles. The molecule has 0 spiro atoms. The van der Waals surface area contributed by atoms with E-state index in [4.69, 9.17) is 23.5 Å². The Hall–Kier alpha value is -2.26. The zero-order valence-corrected chi connectivity index (χ0v) is 17.1. The first-order valence-corrected chi connectivity index (χ1v) is 10.2. The Bertz CT molecular complexity index is 818. The van der Waals surface area contributed by atoms with Crippen molar-refractivity contribution in [1.29, 1.82) is 0 Å². The van der Waals surface area contributed by atoms with E-state index in [0.29, 0.717) is 37.0 Å². The minimum Gasteiger partial charge on any atom is -0.385 e. The summed E-state index contributed by atoms with van der Waals surface area (Å²) in [6.45, 7) is 5.07. The number of rotatable bonds is 6. The van der Waals surface area contributed by atoms with Gasteiger partial charge in [0.05, 0.1) is 0 Å². The van der Waals surface area contributed by atoms with Crippen molar-refractivity contribution < 1.29 is 23.3 Å². The lowest BCUT2D eigenvalue weighted by molar-refractivity contribution is 0.0606. The van der Waals surface area contributed by atoms with E-state index in [2.05, 4.69) is 10.3 Å². The predicted octanol–water partition coefficient (Wildman–Crippen LogP) is 2.47. The number of aryl methyl sites for hydroxylation is 1. The van der Waals surface area contributed by atoms with Gasteiger partial charge >= 0.3 is 0 Å². The molecule has 4 heterocycles. The molecule has 0 atom stereocenters. The van der Waals surface area contributed by atoms with E-state index in [1.54, 1.807) is 20.1 Å². The zero-order valence-electron chi connectivity index (χ0n) is 17.1. The Morgan fingerprint density at radius 2 is 2.00 bits per heavy atom. The van der Waals surface area contributed by atoms with Crippen molar-refractivity contribution in [2.75, 3.05) is 40.0 Å². The van der Waals surface area contributed by atoms with E-state index in [-0.39, 0.29) is 17.2 Å². The summed E-state index contributed by atoms with van der Waals surface area (Å²) < 4.78 is 21.5. The van der Waals surface area contributed by atoms with Gasteiger partial charge in [-0.1, -0.05) is 10.3 Å². The van der Waals surface area contributed by atoms with Gasteiger partial charge in [0, 0.05) is 57.4 Å². The van der Waals surface area contributed by atoms with E-state index >= 15 is 0 Å². The molecular weight excluding hydrogens is 376 g/mol. The highest BCUT2D eigenvalue weighted by Crippen LogP contribution is 2.38. The normalized spacial score (nSPS) is 20.1. The molecule has 1 amide bonds. The van der Waals surface area contributed by atoms with Crippen molar-refractivity contribution in [2.24, 2.45) is 0 Å². The van der Waals surface area contributed by atoms with Gasteiger partial charge in [-0.15, -0.1) is 0 Å². The summed E-state index contributed by atoms with van der Waals surface area (Å²) in [6, 6.07) is 1.68. The first-order chi connectivity index (χ1) is 14.1. The third-order valence-electron chi connectivity index (χ3n) is 6.13. The van der Waals surface area contributed by atoms with E-state index in [1.807, 2.05) is 4.90 Å². The summed E-state index contributed by atoms with van der Waals surface area (Å²) in [7, 11) is 1.70. The van der Waals surface area contributed by atoms with Crippen molar-refractivity contribution in [1.82, 2.24) is 20.2 Å². The first-order valence-electron chi connectivity index (χ1n) is 10.2. The van der Waals surface area contributed by atoms with Gasteiger partial charge < -0.3 is 23.4 Å². The van der Waals surface area contributed by atoms with Crippen LogP contribution in [0.25, 0.3) is 0 Å². The third-order valence-corrected chi connectivity index (χ3v) is 6.13. The van der Waals surface area contributed by atoms with Gasteiger partial charge in [-0.3, -0.25) is 4.79 Å². The van der Waals surface area contributed by atoms with E-state index in [9.17, 15) is 4.79 Å². The Morgan fingerprint density at radius 3 is 2.66 bits per heavy atom. The molecule has 0 aromatic carbocycles. The maximum atomic E-state index is 12.7. The largest absolute Gasteiger partial charge is 0.385 e. The molecule has 2 aliphatic rings. The number of hydrogen-bond acceptors (Lipinski definition) is 8. The van der Waals surface area contributed by atoms with Crippen molar-refractivity contribution in [2.45, 2.75) is 50.4 Å². The van der Waals surface area contributed by atoms with Gasteiger partial charge in [-0.05, 0) is 39.0 Å². The summed E-state index contributed by atoms with van der Waals surface area (Å²) in [4.78, 5) is 19.3. The van der Waals surface area contributed by atoms with Gasteiger partial charge in [0.15, 0.2) is 11.5 Å². The topological polar surface area (TPSA) is 104 Å². The van der Waals surface area contributed by atoms with Crippen LogP contribution in [0.15, 0.2) is 15.1 Å². The van der Waals surface area contributed by atoms with Crippen LogP contribution < -0.4 is 0 Å². The van der Waals surface area contributed by atoms with Crippen molar-refractivity contribution >= 4 is 5.91 Å². The molecule has 0 radical (unpaired) electrons. The monoisotopic (exact) mass is 404 g/mol. The number of amides is 1. The van der Waals surface area contributed by atoms with E-state index in [1.165, 1.54) is 0 Å². The van der Waals surface area contributed by atoms with Crippen molar-refractivity contribution in [3.05, 3.63) is 29.2 Å². The highest BCUT2D eigenvalue weighted by Gasteiger charge is 2.42. The SMILES string of the molecule is COCCC1(c2noc(C3CCOCC3)n2)CCN(C(=O)c2cc(C)on2)CC1. The summed E-state index contributed by atoms with van der Waals surface area (Å²) >= 11 is 0. The minimum absolute atomic E-state index is 0.0989. The number of piperidine rings is 1. The van der Waals surface area contributed by atoms with Crippen LogP contribution >= 0.6 is 0 Å². The number of carbonyl (C=O) groups is 1. The highest BCUT2D eigenvalue weighted by molar-refractivity contribution is 5.92. The molecule has 158 valence electrons. The highest BCUT2D eigenvalue weighted by atomic mass is 16.5. The lowest BCUT2D eigenvalue weighted by Gasteiger charge is -2.39. The first kappa shape index (κ1) is 20.0. The number of hydrogen-bond donors (Lipinski definition) is 0. The van der Waals surface area contributed by atoms with Crippen LogP contribution in [0.1, 0.15) is 66.0 Å². The Labute approximate surface area is 169 Å². The molecule has 2 aromatic heterocycles. The molecule has 9 nitrogen and oxygen atoms in total. The van der Waals surface area contributed by atoms with Crippen LogP contribution in [0.2, 0.25) is 0 Å². The molecule has 2 aliphatic heterocycles. The summed E-state index contributed by atoms with van der Waals surface area (Å²) in [5.74, 6) is 2.24. The fourth-order valence-corrected chi connectivity index (χ4v) is 4.21. The number of carbonyl (C=O) groups excluding carboxylic acids is 1. The number of nitrogens with zero attached hydrogens (tertiary/aromatic N) is 4. The van der Waals surface area contributed by atoms with E-state index < -0.39 is 0 Å². The smallest absolute Gasteiger partial charge is 0.276 e. The minimum atomic E-state index is -0.251. The van der Waals surface area contributed by atoms with Gasteiger partial charge in [-0.2, -0.15) is 4.98 Å². The molecular formula is C20H28N4O5. The molecule has 0 saturated carbocycles. The maximum Gasteiger partial charge on any atom is 0.276 e. The molecule has 2 saturated heterocycles. The van der Waals surface area contributed by atoms with Gasteiger partial charge in [0.25, 0.3) is 5.91 Å². The quantitative estimate of drug-likeness (QED) is 0.723. The van der Waals surface area contributed by atoms with Crippen LogP contribution in [-0.4, -0.2) is 66.1 Å². The lowest BCUT2D eigenvalue weighted by Crippen LogP contribution is -2.46. The predicted molar refractivity (Wildman–Crippen MR) is 102 cm³/mol. The van der Waals surface area contributed by atoms with Gasteiger partial charge in [-0.25, -0.2) is 0 Å². The van der Waals surface area contributed by atoms with Crippen molar-refractivity contribution in [3.63, 3.8) is 0 Å². The summed E-state index contributed by atoms with van der Waals surface area (Å²) in [5, 5.41) is 8.21. The molecule has 2 fully saturated rings. The second-order valence-electron chi connectivity index (χ2n) is 7.98. The number of aromatic nitrogens is 3. The van der Waals surface area contributed by atoms with Crippen LogP contribution in [0, 0.1) is 6.92 Å². The van der Waals surface area contributed by atoms with Gasteiger partial charge in [0.1, 0.15) is 5.76 Å². The van der Waals surface area contributed by atoms with Crippen LogP contribution in [0.4, 0.5) is 0 Å². The summed E-state index contributed by atoms with van der Waals surface area (Å²) in [5.41, 5.74) is 0.104. The molecule has 0 N–H and O–H groups in total. The summed E-state index contributed by atoms with van der Waals surface area (Å²) in [6.07, 6.45) is 4.12. The number of methoxy groups -OCH3 is 1. The Kier molecular flexibility index (Phi) is 5.96. The Balaban J connectivity index is 1.48. The molecule has 0 bridgehead atoms. The second-order valence-corrected chi connectivity index (χ2v) is 7.98. The molecule has 2 aromatic rings. The lowest BCUT2D eigenvalue weighted by atomic mass is 9.75. The molecule has 4 rings (SSSR count). The fourth-order valence-electron chi connectivity index (χ4n) is 4.21. The van der Waals surface area contributed by atoms with Gasteiger partial charge in [0.2, 0.25) is 5.89 Å². The second kappa shape index (κ2) is 8.62. The number of ether oxygens (including phenoxy) is 2. The standard InChI is InChI=1S/C20H28N4O5/c1-14-13-16(22-28-14)18(25)24-8-5-20(6-9-24,7-12-26-2)19-21-17(29-23-19)15-3-10-27-11-4-15/h13,15H,3-12H2,1-2H3. The van der Waals surface area contributed by atoms with Crippen molar-refractivity contribution in [3.8, 4) is 0 Å². The Morgan fingerprint density at radius 1 is 1.24 bits per heavy atom. The average Bonchev–Trinajstić information content (AvgIpc) is 3.43. The van der Waals surface area contributed by atoms with Crippen LogP contribution in [0.5, 0.6) is 0 Å². The average molecular weight is 404 g/mol. The fraction of sp³-hybridized carbons (Fsp3) is 0.700. The molecule has 29 heavy (non-hydrogen) atoms. The van der Waals surface area contributed by atoms with Crippen LogP contribution in [0.3, 0.4) is 0 Å². The number of likely N-dealkylation sites (tertiary alicyclic amines) is 1. The molecule has 9 heteroatoms. The van der Waals surface area contributed by atoms with Crippen LogP contribution in [-0.2, 0) is 14.9 Å². The molecule has 0 unspecified atom stereocenters. The third kappa shape index (κ3) is 4.20. The zero-order chi connectivity index (χ0) is 20.3. The van der Waals surface area contributed by atoms with E-state index in [0.717, 1.165) is 51.1 Å². The maximum absolute atomic E-state index is 12.7.